The molecule has 0 saturated carbocycles. The minimum Gasteiger partial charge on any atom is -0.384 e. The Hall–Kier alpha value is -2.64. The van der Waals surface area contributed by atoms with E-state index in [1.165, 1.54) is 18.2 Å². The van der Waals surface area contributed by atoms with Crippen LogP contribution in [0.2, 0.25) is 0 Å². The second kappa shape index (κ2) is 7.22. The first kappa shape index (κ1) is 14.8. The number of rotatable bonds is 3. The highest BCUT2D eigenvalue weighted by Crippen LogP contribution is 2.10. The lowest BCUT2D eigenvalue weighted by molar-refractivity contribution is 0.0947. The molecular formula is C17H14FNO2. The summed E-state index contributed by atoms with van der Waals surface area (Å²) in [4.78, 5) is 12.0. The van der Waals surface area contributed by atoms with Crippen molar-refractivity contribution in [3.8, 4) is 11.8 Å². The van der Waals surface area contributed by atoms with Gasteiger partial charge in [0.2, 0.25) is 0 Å². The number of halogens is 1. The quantitative estimate of drug-likeness (QED) is 0.848. The van der Waals surface area contributed by atoms with Crippen molar-refractivity contribution in [3.63, 3.8) is 0 Å². The molecule has 3 nitrogen and oxygen atoms in total. The number of carbonyl (C=O) groups is 1. The van der Waals surface area contributed by atoms with Crippen LogP contribution in [0, 0.1) is 17.7 Å². The normalized spacial score (nSPS) is 9.62. The minimum absolute atomic E-state index is 0.0596. The molecule has 1 amide bonds. The summed E-state index contributed by atoms with van der Waals surface area (Å²) in [7, 11) is 0. The van der Waals surface area contributed by atoms with Crippen LogP contribution in [-0.4, -0.2) is 17.6 Å². The Labute approximate surface area is 122 Å². The third-order valence-corrected chi connectivity index (χ3v) is 2.82. The zero-order valence-corrected chi connectivity index (χ0v) is 11.3. The van der Waals surface area contributed by atoms with Crippen molar-refractivity contribution < 1.29 is 14.3 Å². The van der Waals surface area contributed by atoms with Crippen LogP contribution in [-0.2, 0) is 6.54 Å². The highest BCUT2D eigenvalue weighted by Gasteiger charge is 2.11. The van der Waals surface area contributed by atoms with Gasteiger partial charge < -0.3 is 10.4 Å². The number of benzene rings is 2. The molecular weight excluding hydrogens is 269 g/mol. The molecule has 0 spiro atoms. The van der Waals surface area contributed by atoms with Crippen molar-refractivity contribution in [2.75, 3.05) is 6.61 Å². The maximum absolute atomic E-state index is 13.7. The van der Waals surface area contributed by atoms with E-state index in [0.717, 1.165) is 5.56 Å². The lowest BCUT2D eigenvalue weighted by Gasteiger charge is -2.06. The van der Waals surface area contributed by atoms with E-state index < -0.39 is 11.7 Å². The van der Waals surface area contributed by atoms with Crippen molar-refractivity contribution in [2.45, 2.75) is 6.54 Å². The Kier molecular flexibility index (Phi) is 5.08. The molecule has 2 N–H and O–H groups in total. The Bertz CT molecular complexity index is 687. The van der Waals surface area contributed by atoms with E-state index in [9.17, 15) is 9.18 Å². The van der Waals surface area contributed by atoms with Crippen LogP contribution in [0.4, 0.5) is 4.39 Å². The highest BCUT2D eigenvalue weighted by molar-refractivity contribution is 5.94. The van der Waals surface area contributed by atoms with Crippen LogP contribution < -0.4 is 5.32 Å². The van der Waals surface area contributed by atoms with E-state index in [0.29, 0.717) is 12.1 Å². The van der Waals surface area contributed by atoms with Gasteiger partial charge in [0, 0.05) is 12.1 Å². The van der Waals surface area contributed by atoms with Crippen molar-refractivity contribution >= 4 is 5.91 Å². The van der Waals surface area contributed by atoms with Gasteiger partial charge in [0.25, 0.3) is 5.91 Å². The predicted octanol–water partition coefficient (Wildman–Crippen LogP) is 2.10. The fraction of sp³-hybridized carbons (Fsp3) is 0.118. The molecule has 0 radical (unpaired) electrons. The van der Waals surface area contributed by atoms with E-state index in [2.05, 4.69) is 17.2 Å². The molecule has 2 rings (SSSR count). The van der Waals surface area contributed by atoms with Crippen LogP contribution in [0.5, 0.6) is 0 Å². The number of hydrogen-bond acceptors (Lipinski definition) is 2. The molecule has 0 aliphatic heterocycles. The van der Waals surface area contributed by atoms with E-state index in [1.807, 2.05) is 30.3 Å². The van der Waals surface area contributed by atoms with Crippen LogP contribution in [0.1, 0.15) is 21.5 Å². The smallest absolute Gasteiger partial charge is 0.254 e. The third-order valence-electron chi connectivity index (χ3n) is 2.82. The topological polar surface area (TPSA) is 49.3 Å². The summed E-state index contributed by atoms with van der Waals surface area (Å²) in [6.07, 6.45) is 0. The first-order valence-electron chi connectivity index (χ1n) is 6.42. The second-order valence-electron chi connectivity index (χ2n) is 4.32. The van der Waals surface area contributed by atoms with Gasteiger partial charge in [0.15, 0.2) is 0 Å². The molecule has 0 aliphatic carbocycles. The number of aliphatic hydroxyl groups is 1. The summed E-state index contributed by atoms with van der Waals surface area (Å²) in [6, 6.07) is 13.4. The number of nitrogens with one attached hydrogen (secondary N) is 1. The monoisotopic (exact) mass is 283 g/mol. The van der Waals surface area contributed by atoms with Crippen molar-refractivity contribution in [1.82, 2.24) is 5.32 Å². The minimum atomic E-state index is -0.602. The molecule has 0 aromatic heterocycles. The second-order valence-corrected chi connectivity index (χ2v) is 4.32. The van der Waals surface area contributed by atoms with Crippen LogP contribution >= 0.6 is 0 Å². The Morgan fingerprint density at radius 3 is 2.67 bits per heavy atom. The molecule has 0 aliphatic rings. The van der Waals surface area contributed by atoms with Crippen molar-refractivity contribution in [3.05, 3.63) is 71.0 Å². The van der Waals surface area contributed by atoms with E-state index in [4.69, 9.17) is 5.11 Å². The highest BCUT2D eigenvalue weighted by atomic mass is 19.1. The van der Waals surface area contributed by atoms with Gasteiger partial charge in [-0.1, -0.05) is 42.2 Å². The van der Waals surface area contributed by atoms with Gasteiger partial charge >= 0.3 is 0 Å². The average Bonchev–Trinajstić information content (AvgIpc) is 2.53. The summed E-state index contributed by atoms with van der Waals surface area (Å²) >= 11 is 0. The summed E-state index contributed by atoms with van der Waals surface area (Å²) in [6.45, 7) is 0.0403. The van der Waals surface area contributed by atoms with E-state index in [1.54, 1.807) is 0 Å². The third kappa shape index (κ3) is 4.16. The lowest BCUT2D eigenvalue weighted by Crippen LogP contribution is -2.23. The molecule has 21 heavy (non-hydrogen) atoms. The van der Waals surface area contributed by atoms with Gasteiger partial charge in [0.1, 0.15) is 12.4 Å². The molecule has 0 saturated heterocycles. The Morgan fingerprint density at radius 2 is 1.95 bits per heavy atom. The van der Waals surface area contributed by atoms with Gasteiger partial charge in [-0.05, 0) is 23.8 Å². The van der Waals surface area contributed by atoms with Crippen LogP contribution in [0.3, 0.4) is 0 Å². The summed E-state index contributed by atoms with van der Waals surface area (Å²) < 4.78 is 13.7. The van der Waals surface area contributed by atoms with Gasteiger partial charge in [-0.2, -0.15) is 0 Å². The first-order chi connectivity index (χ1) is 10.2. The van der Waals surface area contributed by atoms with Gasteiger partial charge in [0.05, 0.1) is 5.56 Å². The largest absolute Gasteiger partial charge is 0.384 e. The Morgan fingerprint density at radius 1 is 1.19 bits per heavy atom. The standard InChI is InChI=1S/C17H14FNO2/c18-16-9-8-13(7-4-10-20)11-15(16)17(21)19-12-14-5-2-1-3-6-14/h1-3,5-6,8-9,11,20H,10,12H2,(H,19,21). The van der Waals surface area contributed by atoms with E-state index >= 15 is 0 Å². The fourth-order valence-corrected chi connectivity index (χ4v) is 1.79. The molecule has 0 bridgehead atoms. The Balaban J connectivity index is 2.11. The number of aliphatic hydroxyl groups excluding tert-OH is 1. The molecule has 0 fully saturated rings. The number of amides is 1. The zero-order valence-electron chi connectivity index (χ0n) is 11.3. The van der Waals surface area contributed by atoms with Crippen molar-refractivity contribution in [2.24, 2.45) is 0 Å². The average molecular weight is 283 g/mol. The van der Waals surface area contributed by atoms with Crippen LogP contribution in [0.15, 0.2) is 48.5 Å². The summed E-state index contributed by atoms with van der Waals surface area (Å²) in [5, 5.41) is 11.3. The molecule has 0 atom stereocenters. The maximum atomic E-state index is 13.7. The molecule has 2 aromatic carbocycles. The van der Waals surface area contributed by atoms with Gasteiger partial charge in [-0.25, -0.2) is 4.39 Å². The number of hydrogen-bond donors (Lipinski definition) is 2. The maximum Gasteiger partial charge on any atom is 0.254 e. The molecule has 2 aromatic rings. The fourth-order valence-electron chi connectivity index (χ4n) is 1.79. The van der Waals surface area contributed by atoms with Crippen molar-refractivity contribution in [1.29, 1.82) is 0 Å². The molecule has 4 heteroatoms. The molecule has 0 unspecified atom stereocenters. The summed E-state index contributed by atoms with van der Waals surface area (Å²) in [5.41, 5.74) is 1.36. The number of carbonyl (C=O) groups excluding carboxylic acids is 1. The summed E-state index contributed by atoms with van der Waals surface area (Å²) in [5.74, 6) is 4.01. The molecule has 106 valence electrons. The SMILES string of the molecule is O=C(NCc1ccccc1)c1cc(C#CCO)ccc1F. The van der Waals surface area contributed by atoms with Crippen LogP contribution in [0.25, 0.3) is 0 Å². The van der Waals surface area contributed by atoms with Gasteiger partial charge in [-0.3, -0.25) is 4.79 Å². The van der Waals surface area contributed by atoms with E-state index in [-0.39, 0.29) is 12.2 Å². The lowest BCUT2D eigenvalue weighted by atomic mass is 10.1. The first-order valence-corrected chi connectivity index (χ1v) is 6.42. The predicted molar refractivity (Wildman–Crippen MR) is 78.0 cm³/mol. The molecule has 0 heterocycles. The zero-order chi connectivity index (χ0) is 15.1. The van der Waals surface area contributed by atoms with Gasteiger partial charge in [-0.15, -0.1) is 0 Å².